The first-order chi connectivity index (χ1) is 16.4. The van der Waals surface area contributed by atoms with Crippen molar-refractivity contribution in [3.63, 3.8) is 0 Å². The van der Waals surface area contributed by atoms with Gasteiger partial charge in [0.25, 0.3) is 11.5 Å². The van der Waals surface area contributed by atoms with E-state index < -0.39 is 17.3 Å². The Morgan fingerprint density at radius 2 is 1.88 bits per heavy atom. The summed E-state index contributed by atoms with van der Waals surface area (Å²) in [6.07, 6.45) is 1.38. The highest BCUT2D eigenvalue weighted by atomic mass is 35.5. The highest BCUT2D eigenvalue weighted by Crippen LogP contribution is 2.31. The number of benzene rings is 2. The van der Waals surface area contributed by atoms with Crippen molar-refractivity contribution in [3.05, 3.63) is 92.5 Å². The maximum absolute atomic E-state index is 13.5. The first-order valence-corrected chi connectivity index (χ1v) is 11.1. The summed E-state index contributed by atoms with van der Waals surface area (Å²) in [5, 5.41) is 2.91. The minimum absolute atomic E-state index is 0.0539. The molecule has 0 aliphatic heterocycles. The van der Waals surface area contributed by atoms with Gasteiger partial charge in [-0.2, -0.15) is 0 Å². The summed E-state index contributed by atoms with van der Waals surface area (Å²) in [6.45, 7) is 4.12. The van der Waals surface area contributed by atoms with Gasteiger partial charge in [-0.3, -0.25) is 14.2 Å². The number of fused-ring (bicyclic) bond motifs is 1. The third-order valence-corrected chi connectivity index (χ3v) is 5.20. The number of methoxy groups -OCH3 is 1. The smallest absolute Gasteiger partial charge is 0.274 e. The predicted molar refractivity (Wildman–Crippen MR) is 132 cm³/mol. The molecule has 0 saturated heterocycles. The molecular formula is C24H21Cl2FN4O3. The van der Waals surface area contributed by atoms with Crippen LogP contribution in [0.5, 0.6) is 5.75 Å². The van der Waals surface area contributed by atoms with Gasteiger partial charge in [-0.25, -0.2) is 14.4 Å². The second kappa shape index (κ2) is 11.1. The Morgan fingerprint density at radius 1 is 1.15 bits per heavy atom. The molecule has 0 spiro atoms. The number of nitrogens with one attached hydrogen (secondary N) is 1. The number of amides is 1. The fourth-order valence-corrected chi connectivity index (χ4v) is 3.79. The molecule has 0 aliphatic carbocycles. The Bertz CT molecular complexity index is 1390. The number of anilines is 1. The molecule has 0 unspecified atom stereocenters. The number of carbonyl (C=O) groups is 1. The van der Waals surface area contributed by atoms with Crippen molar-refractivity contribution >= 4 is 45.7 Å². The summed E-state index contributed by atoms with van der Waals surface area (Å²) in [7, 11) is 1.38. The van der Waals surface area contributed by atoms with E-state index in [1.165, 1.54) is 36.2 Å². The number of ether oxygens (including phenoxy) is 1. The third-order valence-electron chi connectivity index (χ3n) is 4.67. The fraction of sp³-hybridized carbons (Fsp3) is 0.167. The number of hydrogen-bond donors (Lipinski definition) is 1. The van der Waals surface area contributed by atoms with Gasteiger partial charge in [-0.15, -0.1) is 0 Å². The summed E-state index contributed by atoms with van der Waals surface area (Å²) in [5.41, 5.74) is 0.780. The normalized spacial score (nSPS) is 10.4. The van der Waals surface area contributed by atoms with E-state index in [1.807, 2.05) is 13.8 Å². The number of carbonyl (C=O) groups excluding carboxylic acids is 1. The van der Waals surface area contributed by atoms with E-state index in [0.717, 1.165) is 0 Å². The van der Waals surface area contributed by atoms with Crippen LogP contribution in [0.15, 0.2) is 59.7 Å². The van der Waals surface area contributed by atoms with Crippen molar-refractivity contribution in [2.45, 2.75) is 20.4 Å². The molecule has 0 atom stereocenters. The molecule has 34 heavy (non-hydrogen) atoms. The van der Waals surface area contributed by atoms with Crippen LogP contribution < -0.4 is 15.6 Å². The van der Waals surface area contributed by atoms with Crippen LogP contribution >= 0.6 is 23.2 Å². The molecule has 176 valence electrons. The van der Waals surface area contributed by atoms with E-state index in [0.29, 0.717) is 11.1 Å². The molecule has 0 bridgehead atoms. The van der Waals surface area contributed by atoms with Crippen molar-refractivity contribution in [2.75, 3.05) is 12.4 Å². The number of nitrogens with zero attached hydrogens (tertiary/aromatic N) is 3. The minimum Gasteiger partial charge on any atom is -0.492 e. The zero-order valence-corrected chi connectivity index (χ0v) is 20.1. The molecule has 1 N–H and O–H groups in total. The second-order valence-electron chi connectivity index (χ2n) is 6.77. The number of halogens is 3. The Kier molecular flexibility index (Phi) is 8.20. The lowest BCUT2D eigenvalue weighted by molar-refractivity contribution is 0.102. The van der Waals surface area contributed by atoms with Crippen molar-refractivity contribution in [1.29, 1.82) is 0 Å². The van der Waals surface area contributed by atoms with Crippen molar-refractivity contribution in [1.82, 2.24) is 14.5 Å². The third kappa shape index (κ3) is 5.35. The molecule has 0 saturated carbocycles. The predicted octanol–water partition coefficient (Wildman–Crippen LogP) is 5.57. The first-order valence-electron chi connectivity index (χ1n) is 10.3. The van der Waals surface area contributed by atoms with E-state index >= 15 is 0 Å². The topological polar surface area (TPSA) is 86.1 Å². The minimum atomic E-state index is -0.621. The van der Waals surface area contributed by atoms with Gasteiger partial charge in [0.05, 0.1) is 41.6 Å². The van der Waals surface area contributed by atoms with Crippen LogP contribution in [-0.4, -0.2) is 27.6 Å². The van der Waals surface area contributed by atoms with Crippen LogP contribution in [0.1, 0.15) is 29.9 Å². The highest BCUT2D eigenvalue weighted by Gasteiger charge is 2.17. The quantitative estimate of drug-likeness (QED) is 0.360. The fourth-order valence-electron chi connectivity index (χ4n) is 3.21. The van der Waals surface area contributed by atoms with E-state index in [4.69, 9.17) is 27.9 Å². The lowest BCUT2D eigenvalue weighted by Gasteiger charge is -2.12. The molecule has 0 aliphatic rings. The largest absolute Gasteiger partial charge is 0.492 e. The number of aromatic nitrogens is 3. The lowest BCUT2D eigenvalue weighted by Crippen LogP contribution is -2.23. The summed E-state index contributed by atoms with van der Waals surface area (Å²) in [5.74, 6) is -0.870. The van der Waals surface area contributed by atoms with Crippen LogP contribution in [0, 0.1) is 5.82 Å². The Hall–Kier alpha value is -3.49. The number of pyridine rings is 1. The first kappa shape index (κ1) is 25.1. The Balaban J connectivity index is 0.00000158. The van der Waals surface area contributed by atoms with Crippen LogP contribution in [0.2, 0.25) is 10.2 Å². The van der Waals surface area contributed by atoms with Crippen molar-refractivity contribution in [3.8, 4) is 5.75 Å². The Labute approximate surface area is 205 Å². The molecule has 4 aromatic rings. The van der Waals surface area contributed by atoms with Crippen LogP contribution in [-0.2, 0) is 6.54 Å². The van der Waals surface area contributed by atoms with E-state index in [1.54, 1.807) is 30.3 Å². The van der Waals surface area contributed by atoms with E-state index in [-0.39, 0.29) is 39.2 Å². The van der Waals surface area contributed by atoms with Gasteiger partial charge >= 0.3 is 0 Å². The molecule has 4 rings (SSSR count). The summed E-state index contributed by atoms with van der Waals surface area (Å²) >= 11 is 12.1. The standard InChI is InChI=1S/C22H15Cl2FN4O3.C2H6/c1-32-19-14(23)9-17(27-20(19)24)21(30)28-16-7-3-6-15-18(16)22(31)29(11-26-15)10-12-4-2-5-13(25)8-12;1-2/h2-9,11H,10H2,1H3,(H,28,30);1-2H3. The van der Waals surface area contributed by atoms with E-state index in [2.05, 4.69) is 15.3 Å². The van der Waals surface area contributed by atoms with Gasteiger partial charge in [0, 0.05) is 0 Å². The zero-order valence-electron chi connectivity index (χ0n) is 18.6. The SMILES string of the molecule is CC.COc1c(Cl)cc(C(=O)Nc2cccc3ncn(Cc4cccc(F)c4)c(=O)c23)nc1Cl. The van der Waals surface area contributed by atoms with E-state index in [9.17, 15) is 14.0 Å². The second-order valence-corrected chi connectivity index (χ2v) is 7.54. The van der Waals surface area contributed by atoms with Crippen LogP contribution in [0.4, 0.5) is 10.1 Å². The number of hydrogen-bond acceptors (Lipinski definition) is 5. The summed E-state index contributed by atoms with van der Waals surface area (Å²) in [6, 6.07) is 12.1. The molecule has 2 aromatic carbocycles. The number of rotatable bonds is 5. The molecule has 7 nitrogen and oxygen atoms in total. The van der Waals surface area contributed by atoms with Crippen molar-refractivity contribution < 1.29 is 13.9 Å². The summed E-state index contributed by atoms with van der Waals surface area (Å²) in [4.78, 5) is 34.2. The van der Waals surface area contributed by atoms with Crippen LogP contribution in [0.25, 0.3) is 10.9 Å². The van der Waals surface area contributed by atoms with Gasteiger partial charge in [0.15, 0.2) is 10.9 Å². The molecule has 0 radical (unpaired) electrons. The zero-order chi connectivity index (χ0) is 24.8. The highest BCUT2D eigenvalue weighted by molar-refractivity contribution is 6.37. The average molecular weight is 503 g/mol. The molecular weight excluding hydrogens is 482 g/mol. The molecule has 2 heterocycles. The maximum Gasteiger partial charge on any atom is 0.274 e. The average Bonchev–Trinajstić information content (AvgIpc) is 2.82. The van der Waals surface area contributed by atoms with Gasteiger partial charge in [0.2, 0.25) is 0 Å². The summed E-state index contributed by atoms with van der Waals surface area (Å²) < 4.78 is 19.9. The van der Waals surface area contributed by atoms with Crippen LogP contribution in [0.3, 0.4) is 0 Å². The monoisotopic (exact) mass is 502 g/mol. The van der Waals surface area contributed by atoms with Crippen molar-refractivity contribution in [2.24, 2.45) is 0 Å². The lowest BCUT2D eigenvalue weighted by atomic mass is 10.2. The van der Waals surface area contributed by atoms with Gasteiger partial charge in [-0.05, 0) is 35.9 Å². The molecule has 1 amide bonds. The molecule has 0 fully saturated rings. The van der Waals surface area contributed by atoms with Gasteiger partial charge in [0.1, 0.15) is 11.5 Å². The maximum atomic E-state index is 13.5. The van der Waals surface area contributed by atoms with Gasteiger partial charge in [-0.1, -0.05) is 55.2 Å². The Morgan fingerprint density at radius 3 is 2.56 bits per heavy atom. The molecule has 10 heteroatoms. The van der Waals surface area contributed by atoms with Gasteiger partial charge < -0.3 is 10.1 Å². The molecule has 2 aromatic heterocycles.